The van der Waals surface area contributed by atoms with Crippen LogP contribution in [0.2, 0.25) is 0 Å². The van der Waals surface area contributed by atoms with Crippen molar-refractivity contribution in [3.63, 3.8) is 0 Å². The number of hydrogen-bond donors (Lipinski definition) is 0. The molecule has 2 aromatic rings. The fraction of sp³-hybridized carbons (Fsp3) is 0.421. The van der Waals surface area contributed by atoms with Gasteiger partial charge in [-0.1, -0.05) is 12.1 Å². The molecule has 5 heteroatoms. The summed E-state index contributed by atoms with van der Waals surface area (Å²) in [4.78, 5) is 13.7. The highest BCUT2D eigenvalue weighted by Gasteiger charge is 2.32. The molecular formula is C19H21NO4. The normalized spacial score (nSPS) is 20.5. The quantitative estimate of drug-likeness (QED) is 0.813. The molecule has 1 atom stereocenters. The highest BCUT2D eigenvalue weighted by atomic mass is 16.6. The molecule has 1 amide bonds. The summed E-state index contributed by atoms with van der Waals surface area (Å²) in [5.74, 6) is 1.65. The highest BCUT2D eigenvalue weighted by molar-refractivity contribution is 5.94. The second-order valence-corrected chi connectivity index (χ2v) is 6.52. The van der Waals surface area contributed by atoms with Gasteiger partial charge in [-0.25, -0.2) is 4.79 Å². The minimum absolute atomic E-state index is 0.212. The van der Waals surface area contributed by atoms with E-state index >= 15 is 0 Å². The van der Waals surface area contributed by atoms with Gasteiger partial charge in [-0.05, 0) is 53.8 Å². The Kier molecular flexibility index (Phi) is 4.02. The number of cyclic esters (lactones) is 1. The Balaban J connectivity index is 1.52. The van der Waals surface area contributed by atoms with E-state index in [2.05, 4.69) is 6.07 Å². The summed E-state index contributed by atoms with van der Waals surface area (Å²) in [6, 6.07) is 12.1. The van der Waals surface area contributed by atoms with Crippen LogP contribution >= 0.6 is 0 Å². The molecule has 0 aromatic heterocycles. The Labute approximate surface area is 141 Å². The number of ether oxygens (including phenoxy) is 3. The zero-order valence-electron chi connectivity index (χ0n) is 13.7. The van der Waals surface area contributed by atoms with E-state index in [-0.39, 0.29) is 12.2 Å². The highest BCUT2D eigenvalue weighted by Crippen LogP contribution is 2.31. The predicted octanol–water partition coefficient (Wildman–Crippen LogP) is 3.60. The van der Waals surface area contributed by atoms with Crippen molar-refractivity contribution in [1.29, 1.82) is 0 Å². The van der Waals surface area contributed by atoms with Crippen molar-refractivity contribution in [2.24, 2.45) is 5.92 Å². The number of nitrogens with zero attached hydrogens (tertiary/aromatic N) is 1. The third-order valence-corrected chi connectivity index (χ3v) is 4.52. The summed E-state index contributed by atoms with van der Waals surface area (Å²) >= 11 is 0. The molecule has 126 valence electrons. The average Bonchev–Trinajstić information content (AvgIpc) is 3.35. The van der Waals surface area contributed by atoms with E-state index in [1.165, 1.54) is 12.8 Å². The van der Waals surface area contributed by atoms with E-state index in [1.807, 2.05) is 30.3 Å². The molecule has 0 N–H and O–H groups in total. The zero-order chi connectivity index (χ0) is 16.5. The maximum Gasteiger partial charge on any atom is 0.414 e. The lowest BCUT2D eigenvalue weighted by molar-refractivity contribution is 0.0718. The van der Waals surface area contributed by atoms with Crippen LogP contribution in [0.1, 0.15) is 12.8 Å². The van der Waals surface area contributed by atoms with Crippen molar-refractivity contribution in [2.75, 3.05) is 31.8 Å². The van der Waals surface area contributed by atoms with E-state index in [0.717, 1.165) is 34.7 Å². The maximum atomic E-state index is 12.0. The van der Waals surface area contributed by atoms with Crippen LogP contribution in [0.5, 0.6) is 5.75 Å². The Morgan fingerprint density at radius 2 is 1.92 bits per heavy atom. The van der Waals surface area contributed by atoms with Crippen molar-refractivity contribution in [1.82, 2.24) is 0 Å². The molecule has 0 spiro atoms. The maximum absolute atomic E-state index is 12.0. The number of carbonyl (C=O) groups is 1. The molecule has 1 saturated carbocycles. The molecule has 0 radical (unpaired) electrons. The van der Waals surface area contributed by atoms with Gasteiger partial charge in [-0.2, -0.15) is 0 Å². The van der Waals surface area contributed by atoms with Gasteiger partial charge in [-0.15, -0.1) is 0 Å². The first-order chi connectivity index (χ1) is 11.7. The number of hydrogen-bond acceptors (Lipinski definition) is 4. The molecule has 1 aliphatic carbocycles. The second-order valence-electron chi connectivity index (χ2n) is 6.52. The van der Waals surface area contributed by atoms with E-state index in [0.29, 0.717) is 13.2 Å². The number of amides is 1. The number of methoxy groups -OCH3 is 1. The smallest absolute Gasteiger partial charge is 0.414 e. The molecule has 2 fully saturated rings. The Morgan fingerprint density at radius 3 is 2.71 bits per heavy atom. The Bertz CT molecular complexity index is 756. The summed E-state index contributed by atoms with van der Waals surface area (Å²) in [5.41, 5.74) is 0.845. The monoisotopic (exact) mass is 327 g/mol. The molecule has 1 aliphatic heterocycles. The topological polar surface area (TPSA) is 48.0 Å². The van der Waals surface area contributed by atoms with E-state index in [1.54, 1.807) is 12.0 Å². The molecular weight excluding hydrogens is 306 g/mol. The molecule has 2 aliphatic rings. The Morgan fingerprint density at radius 1 is 1.12 bits per heavy atom. The third-order valence-electron chi connectivity index (χ3n) is 4.52. The van der Waals surface area contributed by atoms with Crippen LogP contribution in [0, 0.1) is 5.92 Å². The van der Waals surface area contributed by atoms with Gasteiger partial charge in [0.2, 0.25) is 0 Å². The van der Waals surface area contributed by atoms with Gasteiger partial charge >= 0.3 is 6.09 Å². The zero-order valence-corrected chi connectivity index (χ0v) is 13.7. The van der Waals surface area contributed by atoms with E-state index < -0.39 is 0 Å². The van der Waals surface area contributed by atoms with Gasteiger partial charge < -0.3 is 14.2 Å². The number of rotatable bonds is 6. The van der Waals surface area contributed by atoms with Crippen LogP contribution in [0.4, 0.5) is 10.5 Å². The lowest BCUT2D eigenvalue weighted by atomic mass is 10.1. The Hall–Kier alpha value is -2.27. The van der Waals surface area contributed by atoms with Crippen molar-refractivity contribution in [3.05, 3.63) is 36.4 Å². The van der Waals surface area contributed by atoms with Gasteiger partial charge in [0.25, 0.3) is 0 Å². The molecule has 4 rings (SSSR count). The van der Waals surface area contributed by atoms with Crippen LogP contribution in [0.3, 0.4) is 0 Å². The molecule has 0 bridgehead atoms. The fourth-order valence-electron chi connectivity index (χ4n) is 2.97. The summed E-state index contributed by atoms with van der Waals surface area (Å²) in [6.07, 6.45) is 2.04. The van der Waals surface area contributed by atoms with Gasteiger partial charge in [0.15, 0.2) is 0 Å². The van der Waals surface area contributed by atoms with Gasteiger partial charge in [0, 0.05) is 12.8 Å². The minimum atomic E-state index is -0.319. The van der Waals surface area contributed by atoms with Gasteiger partial charge in [-0.3, -0.25) is 4.90 Å². The van der Waals surface area contributed by atoms with Gasteiger partial charge in [0.05, 0.1) is 19.8 Å². The van der Waals surface area contributed by atoms with Crippen molar-refractivity contribution < 1.29 is 19.0 Å². The SMILES string of the molecule is COC[C@@H]1CN(c2ccc3cc(OCC4CC4)ccc3c2)C(=O)O1. The summed E-state index contributed by atoms with van der Waals surface area (Å²) in [6.45, 7) is 1.74. The number of fused-ring (bicyclic) bond motifs is 1. The number of carbonyl (C=O) groups excluding carboxylic acids is 1. The van der Waals surface area contributed by atoms with Crippen LogP contribution in [0.15, 0.2) is 36.4 Å². The largest absolute Gasteiger partial charge is 0.493 e. The summed E-state index contributed by atoms with van der Waals surface area (Å²) < 4.78 is 16.2. The molecule has 1 saturated heterocycles. The first kappa shape index (κ1) is 15.3. The standard InChI is InChI=1S/C19H21NO4/c1-22-12-18-10-20(19(21)24-18)16-6-4-15-9-17(7-5-14(15)8-16)23-11-13-2-3-13/h4-9,13,18H,2-3,10-12H2,1H3/t18-/m0/s1. The number of anilines is 1. The summed E-state index contributed by atoms with van der Waals surface area (Å²) in [5, 5.41) is 2.18. The second kappa shape index (κ2) is 6.32. The first-order valence-electron chi connectivity index (χ1n) is 8.36. The molecule has 5 nitrogen and oxygen atoms in total. The van der Waals surface area contributed by atoms with E-state index in [9.17, 15) is 4.79 Å². The predicted molar refractivity (Wildman–Crippen MR) is 91.7 cm³/mol. The van der Waals surface area contributed by atoms with Crippen LogP contribution in [-0.2, 0) is 9.47 Å². The van der Waals surface area contributed by atoms with Crippen molar-refractivity contribution >= 4 is 22.6 Å². The van der Waals surface area contributed by atoms with E-state index in [4.69, 9.17) is 14.2 Å². The fourth-order valence-corrected chi connectivity index (χ4v) is 2.97. The molecule has 24 heavy (non-hydrogen) atoms. The molecule has 0 unspecified atom stereocenters. The lowest BCUT2D eigenvalue weighted by Crippen LogP contribution is -2.25. The van der Waals surface area contributed by atoms with Crippen molar-refractivity contribution in [3.8, 4) is 5.75 Å². The van der Waals surface area contributed by atoms with Gasteiger partial charge in [0.1, 0.15) is 11.9 Å². The summed E-state index contributed by atoms with van der Waals surface area (Å²) in [7, 11) is 1.61. The number of benzene rings is 2. The average molecular weight is 327 g/mol. The minimum Gasteiger partial charge on any atom is -0.493 e. The first-order valence-corrected chi connectivity index (χ1v) is 8.36. The molecule has 1 heterocycles. The van der Waals surface area contributed by atoms with Crippen LogP contribution < -0.4 is 9.64 Å². The molecule has 2 aromatic carbocycles. The lowest BCUT2D eigenvalue weighted by Gasteiger charge is -2.14. The third kappa shape index (κ3) is 3.17. The van der Waals surface area contributed by atoms with Crippen LogP contribution in [-0.4, -0.2) is 39.1 Å². The van der Waals surface area contributed by atoms with Crippen LogP contribution in [0.25, 0.3) is 10.8 Å². The van der Waals surface area contributed by atoms with Crippen molar-refractivity contribution in [2.45, 2.75) is 18.9 Å².